The van der Waals surface area contributed by atoms with E-state index >= 15 is 0 Å². The molecule has 0 amide bonds. The molecular weight excluding hydrogens is 205 g/mol. The molecule has 16 heavy (non-hydrogen) atoms. The van der Waals surface area contributed by atoms with Crippen LogP contribution in [0, 0.1) is 5.82 Å². The highest BCUT2D eigenvalue weighted by Crippen LogP contribution is 2.40. The Balaban J connectivity index is 1.93. The monoisotopic (exact) mass is 221 g/mol. The van der Waals surface area contributed by atoms with E-state index in [-0.39, 0.29) is 5.82 Å². The van der Waals surface area contributed by atoms with Gasteiger partial charge in [-0.1, -0.05) is 12.1 Å². The lowest BCUT2D eigenvalue weighted by Crippen LogP contribution is -2.46. The van der Waals surface area contributed by atoms with E-state index in [2.05, 4.69) is 5.32 Å². The van der Waals surface area contributed by atoms with E-state index in [0.29, 0.717) is 24.9 Å². The molecule has 2 nitrogen and oxygen atoms in total. The van der Waals surface area contributed by atoms with E-state index in [0.717, 1.165) is 18.4 Å². The Labute approximate surface area is 94.5 Å². The van der Waals surface area contributed by atoms with Crippen LogP contribution < -0.4 is 5.32 Å². The van der Waals surface area contributed by atoms with Gasteiger partial charge in [-0.05, 0) is 43.4 Å². The van der Waals surface area contributed by atoms with Gasteiger partial charge in [0.05, 0.1) is 5.60 Å². The minimum Gasteiger partial charge on any atom is -0.385 e. The van der Waals surface area contributed by atoms with Gasteiger partial charge in [0.1, 0.15) is 5.82 Å². The minimum absolute atomic E-state index is 0.267. The second-order valence-corrected chi connectivity index (χ2v) is 5.09. The van der Waals surface area contributed by atoms with Gasteiger partial charge in [-0.2, -0.15) is 0 Å². The molecule has 3 rings (SSSR count). The van der Waals surface area contributed by atoms with Crippen molar-refractivity contribution in [2.45, 2.75) is 43.4 Å². The first-order valence-electron chi connectivity index (χ1n) is 5.90. The third-order valence-corrected chi connectivity index (χ3v) is 3.87. The van der Waals surface area contributed by atoms with Crippen molar-refractivity contribution in [3.05, 3.63) is 35.6 Å². The second kappa shape index (κ2) is 3.54. The SMILES string of the molecule is OC1(c2cccc(F)c2)CC2CCC(C1)N2. The van der Waals surface area contributed by atoms with Crippen LogP contribution >= 0.6 is 0 Å². The summed E-state index contributed by atoms with van der Waals surface area (Å²) >= 11 is 0. The number of aliphatic hydroxyl groups is 1. The summed E-state index contributed by atoms with van der Waals surface area (Å²) in [6.07, 6.45) is 3.66. The maximum absolute atomic E-state index is 13.2. The molecule has 2 saturated heterocycles. The summed E-state index contributed by atoms with van der Waals surface area (Å²) < 4.78 is 13.2. The summed E-state index contributed by atoms with van der Waals surface area (Å²) in [4.78, 5) is 0. The van der Waals surface area contributed by atoms with Crippen LogP contribution in [0.15, 0.2) is 24.3 Å². The third-order valence-electron chi connectivity index (χ3n) is 3.87. The van der Waals surface area contributed by atoms with Gasteiger partial charge >= 0.3 is 0 Å². The van der Waals surface area contributed by atoms with E-state index in [1.165, 1.54) is 12.1 Å². The van der Waals surface area contributed by atoms with Crippen LogP contribution in [-0.4, -0.2) is 17.2 Å². The van der Waals surface area contributed by atoms with Crippen molar-refractivity contribution in [3.8, 4) is 0 Å². The predicted octanol–water partition coefficient (Wildman–Crippen LogP) is 1.93. The first-order valence-corrected chi connectivity index (χ1v) is 5.90. The molecule has 1 aromatic carbocycles. The van der Waals surface area contributed by atoms with Crippen LogP contribution in [0.4, 0.5) is 4.39 Å². The fraction of sp³-hybridized carbons (Fsp3) is 0.538. The quantitative estimate of drug-likeness (QED) is 0.759. The fourth-order valence-corrected chi connectivity index (χ4v) is 3.14. The van der Waals surface area contributed by atoms with Crippen LogP contribution in [0.25, 0.3) is 0 Å². The van der Waals surface area contributed by atoms with E-state index in [4.69, 9.17) is 0 Å². The predicted molar refractivity (Wildman–Crippen MR) is 59.5 cm³/mol. The zero-order chi connectivity index (χ0) is 11.2. The maximum Gasteiger partial charge on any atom is 0.123 e. The zero-order valence-corrected chi connectivity index (χ0v) is 9.12. The summed E-state index contributed by atoms with van der Waals surface area (Å²) in [5, 5.41) is 14.1. The van der Waals surface area contributed by atoms with E-state index < -0.39 is 5.60 Å². The molecule has 1 aromatic rings. The standard InChI is InChI=1S/C13H16FNO/c14-10-3-1-2-9(6-10)13(16)7-11-4-5-12(8-13)15-11/h1-3,6,11-12,15-16H,4-5,7-8H2. The molecule has 2 atom stereocenters. The number of fused-ring (bicyclic) bond motifs is 2. The highest BCUT2D eigenvalue weighted by molar-refractivity contribution is 5.25. The van der Waals surface area contributed by atoms with E-state index in [1.807, 2.05) is 6.07 Å². The molecule has 2 aliphatic rings. The Bertz CT molecular complexity index is 395. The van der Waals surface area contributed by atoms with E-state index in [1.54, 1.807) is 6.07 Å². The van der Waals surface area contributed by atoms with Gasteiger partial charge < -0.3 is 10.4 Å². The molecule has 0 radical (unpaired) electrons. The van der Waals surface area contributed by atoms with Crippen molar-refractivity contribution >= 4 is 0 Å². The lowest BCUT2D eigenvalue weighted by Gasteiger charge is -2.37. The van der Waals surface area contributed by atoms with Gasteiger partial charge in [-0.3, -0.25) is 0 Å². The Morgan fingerprint density at radius 1 is 1.25 bits per heavy atom. The Kier molecular flexibility index (Phi) is 2.26. The lowest BCUT2D eigenvalue weighted by atomic mass is 9.81. The van der Waals surface area contributed by atoms with Crippen molar-refractivity contribution in [1.29, 1.82) is 0 Å². The number of halogens is 1. The average molecular weight is 221 g/mol. The topological polar surface area (TPSA) is 32.3 Å². The molecule has 2 aliphatic heterocycles. The van der Waals surface area contributed by atoms with Crippen molar-refractivity contribution in [3.63, 3.8) is 0 Å². The Morgan fingerprint density at radius 2 is 1.94 bits per heavy atom. The average Bonchev–Trinajstić information content (AvgIpc) is 2.59. The highest BCUT2D eigenvalue weighted by Gasteiger charge is 2.43. The molecule has 86 valence electrons. The molecule has 0 spiro atoms. The van der Waals surface area contributed by atoms with Gasteiger partial charge in [-0.15, -0.1) is 0 Å². The van der Waals surface area contributed by atoms with Crippen molar-refractivity contribution in [2.75, 3.05) is 0 Å². The molecule has 0 aromatic heterocycles. The Hall–Kier alpha value is -0.930. The van der Waals surface area contributed by atoms with Crippen LogP contribution in [0.2, 0.25) is 0 Å². The normalized spacial score (nSPS) is 37.6. The summed E-state index contributed by atoms with van der Waals surface area (Å²) in [6.45, 7) is 0. The molecule has 2 N–H and O–H groups in total. The van der Waals surface area contributed by atoms with Crippen LogP contribution in [-0.2, 0) is 5.60 Å². The van der Waals surface area contributed by atoms with Gasteiger partial charge in [0, 0.05) is 12.1 Å². The summed E-state index contributed by atoms with van der Waals surface area (Å²) in [6, 6.07) is 7.17. The number of benzene rings is 1. The molecule has 2 heterocycles. The van der Waals surface area contributed by atoms with Gasteiger partial charge in [0.15, 0.2) is 0 Å². The second-order valence-electron chi connectivity index (χ2n) is 5.09. The highest BCUT2D eigenvalue weighted by atomic mass is 19.1. The molecular formula is C13H16FNO. The molecule has 0 aliphatic carbocycles. The molecule has 3 heteroatoms. The van der Waals surface area contributed by atoms with Gasteiger partial charge in [0.2, 0.25) is 0 Å². The molecule has 0 saturated carbocycles. The number of rotatable bonds is 1. The number of nitrogens with one attached hydrogen (secondary N) is 1. The Morgan fingerprint density at radius 3 is 2.56 bits per heavy atom. The number of piperidine rings is 1. The molecule has 2 bridgehead atoms. The number of hydrogen-bond acceptors (Lipinski definition) is 2. The minimum atomic E-state index is -0.834. The van der Waals surface area contributed by atoms with E-state index in [9.17, 15) is 9.50 Å². The van der Waals surface area contributed by atoms with Crippen molar-refractivity contribution < 1.29 is 9.50 Å². The zero-order valence-electron chi connectivity index (χ0n) is 9.12. The summed E-state index contributed by atoms with van der Waals surface area (Å²) in [7, 11) is 0. The first kappa shape index (κ1) is 10.2. The first-order chi connectivity index (χ1) is 7.66. The molecule has 2 unspecified atom stereocenters. The van der Waals surface area contributed by atoms with Crippen LogP contribution in [0.3, 0.4) is 0 Å². The maximum atomic E-state index is 13.2. The van der Waals surface area contributed by atoms with Crippen molar-refractivity contribution in [2.24, 2.45) is 0 Å². The summed E-state index contributed by atoms with van der Waals surface area (Å²) in [5.74, 6) is -0.267. The fourth-order valence-electron chi connectivity index (χ4n) is 3.14. The number of hydrogen-bond donors (Lipinski definition) is 2. The third kappa shape index (κ3) is 1.64. The van der Waals surface area contributed by atoms with Crippen molar-refractivity contribution in [1.82, 2.24) is 5.32 Å². The van der Waals surface area contributed by atoms with Gasteiger partial charge in [0.25, 0.3) is 0 Å². The van der Waals surface area contributed by atoms with Crippen LogP contribution in [0.1, 0.15) is 31.2 Å². The lowest BCUT2D eigenvalue weighted by molar-refractivity contribution is -0.0117. The summed E-state index contributed by atoms with van der Waals surface area (Å²) in [5.41, 5.74) is -0.106. The van der Waals surface area contributed by atoms with Gasteiger partial charge in [-0.25, -0.2) is 4.39 Å². The smallest absolute Gasteiger partial charge is 0.123 e. The molecule has 2 fully saturated rings. The largest absolute Gasteiger partial charge is 0.385 e. The van der Waals surface area contributed by atoms with Crippen LogP contribution in [0.5, 0.6) is 0 Å².